The summed E-state index contributed by atoms with van der Waals surface area (Å²) in [6, 6.07) is 30.5. The van der Waals surface area contributed by atoms with Crippen molar-refractivity contribution in [2.45, 2.75) is 80.1 Å². The summed E-state index contributed by atoms with van der Waals surface area (Å²) in [5.74, 6) is 1.78. The van der Waals surface area contributed by atoms with Crippen molar-refractivity contribution in [3.63, 3.8) is 0 Å². The highest BCUT2D eigenvalue weighted by Gasteiger charge is 2.16. The molecule has 2 aliphatic rings. The van der Waals surface area contributed by atoms with Gasteiger partial charge in [-0.25, -0.2) is 0 Å². The maximum atomic E-state index is 2.25. The largest absolute Gasteiger partial charge is 0.0654 e. The first-order valence-electron chi connectivity index (χ1n) is 14.1. The maximum absolute atomic E-state index is 2.25. The van der Waals surface area contributed by atoms with E-state index in [1.54, 1.807) is 0 Å². The van der Waals surface area contributed by atoms with E-state index in [1.165, 1.54) is 76.3 Å². The smallest absolute Gasteiger partial charge is 0.00135 e. The molecule has 0 heteroatoms. The number of rotatable bonds is 3. The Hall–Kier alpha value is -2.86. The van der Waals surface area contributed by atoms with Gasteiger partial charge in [0.15, 0.2) is 0 Å². The summed E-state index contributed by atoms with van der Waals surface area (Å²) >= 11 is 0. The van der Waals surface area contributed by atoms with Crippen molar-refractivity contribution in [1.29, 1.82) is 0 Å². The van der Waals surface area contributed by atoms with Crippen LogP contribution in [-0.2, 0) is 19.3 Å². The zero-order valence-corrected chi connectivity index (χ0v) is 23.5. The van der Waals surface area contributed by atoms with Crippen LogP contribution in [0.3, 0.4) is 0 Å². The number of aryl methyl sites for hydroxylation is 2. The fourth-order valence-corrected chi connectivity index (χ4v) is 4.84. The summed E-state index contributed by atoms with van der Waals surface area (Å²) in [5.41, 5.74) is 8.81. The van der Waals surface area contributed by atoms with Crippen LogP contribution in [0, 0.1) is 11.8 Å². The molecule has 4 aromatic carbocycles. The summed E-state index contributed by atoms with van der Waals surface area (Å²) in [7, 11) is 0. The van der Waals surface area contributed by atoms with Gasteiger partial charge in [0, 0.05) is 0 Å². The van der Waals surface area contributed by atoms with Gasteiger partial charge in [-0.3, -0.25) is 0 Å². The Balaban J connectivity index is 0.000000145. The molecule has 0 N–H and O–H groups in total. The van der Waals surface area contributed by atoms with Crippen LogP contribution in [0.25, 0.3) is 21.9 Å². The van der Waals surface area contributed by atoms with Crippen molar-refractivity contribution in [1.82, 2.24) is 0 Å². The zero-order valence-electron chi connectivity index (χ0n) is 23.5. The molecule has 4 aromatic rings. The standard InChI is InChI=1S/C13H10.C12H10.C6H14.C5H12/c1-3-7-12-10(5-1)9-11-6-2-4-8-13(11)12;1-3-9-4-2-6-11-8-7-10(5-1)12(9)11;1-4-5-6(2)3;1-4-5(2)3/h1-8H,9H2;1-6H,7-8H2;6H,4-5H2,1-3H3;5H,4H2,1-3H3. The van der Waals surface area contributed by atoms with E-state index in [-0.39, 0.29) is 0 Å². The van der Waals surface area contributed by atoms with Crippen LogP contribution < -0.4 is 0 Å². The normalized spacial score (nSPS) is 12.1. The molecule has 0 saturated heterocycles. The fourth-order valence-electron chi connectivity index (χ4n) is 4.84. The van der Waals surface area contributed by atoms with Crippen LogP contribution in [0.15, 0.2) is 84.9 Å². The molecule has 2 aliphatic carbocycles. The highest BCUT2D eigenvalue weighted by atomic mass is 14.2. The van der Waals surface area contributed by atoms with Crippen molar-refractivity contribution >= 4 is 10.8 Å². The van der Waals surface area contributed by atoms with E-state index < -0.39 is 0 Å². The van der Waals surface area contributed by atoms with Crippen molar-refractivity contribution in [2.75, 3.05) is 0 Å². The van der Waals surface area contributed by atoms with E-state index in [0.29, 0.717) is 0 Å². The molecule has 0 aliphatic heterocycles. The molecule has 0 amide bonds. The van der Waals surface area contributed by atoms with Crippen molar-refractivity contribution < 1.29 is 0 Å². The highest BCUT2D eigenvalue weighted by Crippen LogP contribution is 2.35. The van der Waals surface area contributed by atoms with Crippen LogP contribution in [0.1, 0.15) is 83.1 Å². The predicted octanol–water partition coefficient (Wildman–Crippen LogP) is 10.7. The van der Waals surface area contributed by atoms with Crippen LogP contribution in [0.2, 0.25) is 0 Å². The van der Waals surface area contributed by atoms with E-state index in [4.69, 9.17) is 0 Å². The Labute approximate surface area is 220 Å². The number of benzene rings is 4. The summed E-state index contributed by atoms with van der Waals surface area (Å²) in [4.78, 5) is 0. The molecular weight excluding hydrogens is 432 g/mol. The first-order chi connectivity index (χ1) is 17.4. The molecule has 0 atom stereocenters. The third-order valence-electron chi connectivity index (χ3n) is 7.13. The lowest BCUT2D eigenvalue weighted by atomic mass is 10.1. The van der Waals surface area contributed by atoms with Crippen LogP contribution in [0.5, 0.6) is 0 Å². The highest BCUT2D eigenvalue weighted by molar-refractivity contribution is 5.90. The first-order valence-corrected chi connectivity index (χ1v) is 14.1. The summed E-state index contributed by atoms with van der Waals surface area (Å²) < 4.78 is 0. The molecule has 0 fully saturated rings. The Bertz CT molecular complexity index is 1130. The Morgan fingerprint density at radius 3 is 1.39 bits per heavy atom. The van der Waals surface area contributed by atoms with Gasteiger partial charge < -0.3 is 0 Å². The quantitative estimate of drug-likeness (QED) is 0.242. The molecule has 0 spiro atoms. The SMILES string of the molecule is CCC(C)C.CCCC(C)C.c1cc2c3c(cccc3c1)CC2.c1ccc2c(c1)Cc1ccccc1-2. The molecule has 0 bridgehead atoms. The molecule has 36 heavy (non-hydrogen) atoms. The monoisotopic (exact) mass is 478 g/mol. The van der Waals surface area contributed by atoms with Crippen LogP contribution >= 0.6 is 0 Å². The molecular formula is C36H46. The second-order valence-corrected chi connectivity index (χ2v) is 10.9. The summed E-state index contributed by atoms with van der Waals surface area (Å²) in [6.45, 7) is 13.4. The lowest BCUT2D eigenvalue weighted by Crippen LogP contribution is -1.81. The van der Waals surface area contributed by atoms with E-state index in [2.05, 4.69) is 126 Å². The van der Waals surface area contributed by atoms with Gasteiger partial charge in [-0.05, 0) is 75.3 Å². The topological polar surface area (TPSA) is 0 Å². The van der Waals surface area contributed by atoms with Gasteiger partial charge in [0.2, 0.25) is 0 Å². The Morgan fingerprint density at radius 1 is 0.556 bits per heavy atom. The van der Waals surface area contributed by atoms with Crippen molar-refractivity contribution in [3.8, 4) is 11.1 Å². The zero-order chi connectivity index (χ0) is 25.9. The van der Waals surface area contributed by atoms with Crippen LogP contribution in [0.4, 0.5) is 0 Å². The maximum Gasteiger partial charge on any atom is -0.00135 e. The molecule has 0 aromatic heterocycles. The third-order valence-corrected chi connectivity index (χ3v) is 7.13. The van der Waals surface area contributed by atoms with Gasteiger partial charge in [0.05, 0.1) is 0 Å². The molecule has 190 valence electrons. The van der Waals surface area contributed by atoms with Crippen molar-refractivity contribution in [3.05, 3.63) is 107 Å². The van der Waals surface area contributed by atoms with Gasteiger partial charge in [-0.2, -0.15) is 0 Å². The predicted molar refractivity (Wildman–Crippen MR) is 161 cm³/mol. The average molecular weight is 479 g/mol. The molecule has 6 rings (SSSR count). The molecule has 0 radical (unpaired) electrons. The second-order valence-electron chi connectivity index (χ2n) is 10.9. The van der Waals surface area contributed by atoms with E-state index in [1.807, 2.05) is 0 Å². The average Bonchev–Trinajstić information content (AvgIpc) is 3.48. The van der Waals surface area contributed by atoms with Gasteiger partial charge in [0.1, 0.15) is 0 Å². The molecule has 0 saturated carbocycles. The van der Waals surface area contributed by atoms with E-state index in [0.717, 1.165) is 18.3 Å². The Kier molecular flexibility index (Phi) is 10.8. The van der Waals surface area contributed by atoms with Gasteiger partial charge in [0.25, 0.3) is 0 Å². The summed E-state index contributed by atoms with van der Waals surface area (Å²) in [6.07, 6.45) is 7.58. The Morgan fingerprint density at radius 2 is 1.00 bits per heavy atom. The number of hydrogen-bond acceptors (Lipinski definition) is 0. The number of hydrogen-bond donors (Lipinski definition) is 0. The van der Waals surface area contributed by atoms with Gasteiger partial charge in [-0.15, -0.1) is 0 Å². The minimum absolute atomic E-state index is 0.884. The van der Waals surface area contributed by atoms with Gasteiger partial charge >= 0.3 is 0 Å². The third kappa shape index (κ3) is 7.57. The number of fused-ring (bicyclic) bond motifs is 3. The molecule has 0 heterocycles. The van der Waals surface area contributed by atoms with E-state index >= 15 is 0 Å². The van der Waals surface area contributed by atoms with E-state index in [9.17, 15) is 0 Å². The second kappa shape index (κ2) is 14.0. The minimum atomic E-state index is 0.884. The van der Waals surface area contributed by atoms with Crippen molar-refractivity contribution in [2.24, 2.45) is 11.8 Å². The minimum Gasteiger partial charge on any atom is -0.0654 e. The lowest BCUT2D eigenvalue weighted by molar-refractivity contribution is 0.576. The first kappa shape index (κ1) is 27.7. The van der Waals surface area contributed by atoms with Crippen LogP contribution in [-0.4, -0.2) is 0 Å². The molecule has 0 unspecified atom stereocenters. The summed E-state index contributed by atoms with van der Waals surface area (Å²) in [5, 5.41) is 2.92. The molecule has 0 nitrogen and oxygen atoms in total. The lowest BCUT2D eigenvalue weighted by Gasteiger charge is -1.99. The van der Waals surface area contributed by atoms with Gasteiger partial charge in [-0.1, -0.05) is 146 Å². The fraction of sp³-hybridized carbons (Fsp3) is 0.389.